The van der Waals surface area contributed by atoms with Gasteiger partial charge in [0.2, 0.25) is 0 Å². The lowest BCUT2D eigenvalue weighted by Crippen LogP contribution is -1.92. The second-order valence-corrected chi connectivity index (χ2v) is 6.03. The van der Waals surface area contributed by atoms with E-state index in [2.05, 4.69) is 10.3 Å². The number of anilines is 2. The van der Waals surface area contributed by atoms with Crippen molar-refractivity contribution in [3.8, 4) is 22.8 Å². The van der Waals surface area contributed by atoms with E-state index in [1.54, 1.807) is 14.2 Å². The van der Waals surface area contributed by atoms with E-state index < -0.39 is 0 Å². The van der Waals surface area contributed by atoms with Gasteiger partial charge in [-0.3, -0.25) is 0 Å². The zero-order valence-corrected chi connectivity index (χ0v) is 15.5. The van der Waals surface area contributed by atoms with Crippen molar-refractivity contribution in [1.82, 2.24) is 4.98 Å². The third-order valence-electron chi connectivity index (χ3n) is 3.28. The molecule has 3 aromatic rings. The molecule has 1 heterocycles. The van der Waals surface area contributed by atoms with Crippen LogP contribution < -0.4 is 14.8 Å². The van der Waals surface area contributed by atoms with Gasteiger partial charge in [-0.2, -0.15) is 0 Å². The molecule has 2 aromatic carbocycles. The van der Waals surface area contributed by atoms with Crippen LogP contribution in [-0.4, -0.2) is 19.2 Å². The molecule has 126 valence electrons. The highest BCUT2D eigenvalue weighted by Gasteiger charge is 2.11. The Labute approximate surface area is 155 Å². The van der Waals surface area contributed by atoms with E-state index in [9.17, 15) is 0 Å². The van der Waals surface area contributed by atoms with E-state index in [4.69, 9.17) is 21.1 Å². The lowest BCUT2D eigenvalue weighted by atomic mass is 10.1. The summed E-state index contributed by atoms with van der Waals surface area (Å²) < 4.78 is 10.7. The van der Waals surface area contributed by atoms with Gasteiger partial charge in [0, 0.05) is 27.7 Å². The van der Waals surface area contributed by atoms with Crippen LogP contribution in [0.25, 0.3) is 11.3 Å². The summed E-state index contributed by atoms with van der Waals surface area (Å²) in [5.41, 5.74) is 2.72. The maximum absolute atomic E-state index is 5.89. The highest BCUT2D eigenvalue weighted by Crippen LogP contribution is 2.35. The maximum Gasteiger partial charge on any atom is 0.187 e. The Kier molecular flexibility index (Phi) is 6.31. The van der Waals surface area contributed by atoms with Gasteiger partial charge in [-0.15, -0.1) is 23.7 Å². The topological polar surface area (TPSA) is 43.4 Å². The number of nitrogens with zero attached hydrogens (tertiary/aromatic N) is 1. The molecule has 7 heteroatoms. The molecular weight excluding hydrogens is 367 g/mol. The van der Waals surface area contributed by atoms with Crippen LogP contribution in [0.4, 0.5) is 10.8 Å². The Morgan fingerprint density at radius 2 is 1.79 bits per heavy atom. The van der Waals surface area contributed by atoms with Crippen molar-refractivity contribution >= 4 is 46.2 Å². The van der Waals surface area contributed by atoms with E-state index in [1.165, 1.54) is 11.3 Å². The fourth-order valence-electron chi connectivity index (χ4n) is 2.12. The molecule has 0 saturated carbocycles. The lowest BCUT2D eigenvalue weighted by molar-refractivity contribution is 0.395. The summed E-state index contributed by atoms with van der Waals surface area (Å²) >= 11 is 7.42. The van der Waals surface area contributed by atoms with Gasteiger partial charge in [0.05, 0.1) is 19.9 Å². The third-order valence-corrected chi connectivity index (χ3v) is 4.29. The molecule has 0 fully saturated rings. The largest absolute Gasteiger partial charge is 0.497 e. The summed E-state index contributed by atoms with van der Waals surface area (Å²) in [5.74, 6) is 1.48. The van der Waals surface area contributed by atoms with Crippen molar-refractivity contribution < 1.29 is 9.47 Å². The standard InChI is InChI=1S/C17H15ClN2O2S.ClH/c1-21-13-7-8-14(16(9-13)22-2)15-10-23-17(20-15)19-12-5-3-11(18)4-6-12;/h3-10H,1-2H3,(H,19,20);1H. The minimum absolute atomic E-state index is 0. The number of nitrogens with one attached hydrogen (secondary N) is 1. The minimum Gasteiger partial charge on any atom is -0.497 e. The zero-order chi connectivity index (χ0) is 16.2. The molecule has 0 aliphatic carbocycles. The summed E-state index contributed by atoms with van der Waals surface area (Å²) in [6.45, 7) is 0. The maximum atomic E-state index is 5.89. The Bertz CT molecular complexity index is 807. The SMILES string of the molecule is COc1ccc(-c2csc(Nc3ccc(Cl)cc3)n2)c(OC)c1.Cl. The highest BCUT2D eigenvalue weighted by atomic mass is 35.5. The number of ether oxygens (including phenoxy) is 2. The second-order valence-electron chi connectivity index (χ2n) is 4.74. The first-order valence-electron chi connectivity index (χ1n) is 6.90. The van der Waals surface area contributed by atoms with E-state index in [-0.39, 0.29) is 12.4 Å². The Balaban J connectivity index is 0.00000208. The van der Waals surface area contributed by atoms with E-state index in [0.717, 1.165) is 33.6 Å². The van der Waals surface area contributed by atoms with E-state index in [0.29, 0.717) is 5.02 Å². The third kappa shape index (κ3) is 4.12. The average Bonchev–Trinajstić information content (AvgIpc) is 3.04. The van der Waals surface area contributed by atoms with Crippen LogP contribution in [0.1, 0.15) is 0 Å². The first-order chi connectivity index (χ1) is 11.2. The molecule has 0 aliphatic heterocycles. The number of halogens is 2. The molecule has 0 saturated heterocycles. The van der Waals surface area contributed by atoms with E-state index in [1.807, 2.05) is 47.8 Å². The fraction of sp³-hybridized carbons (Fsp3) is 0.118. The van der Waals surface area contributed by atoms with Crippen LogP contribution in [0.3, 0.4) is 0 Å². The van der Waals surface area contributed by atoms with Gasteiger partial charge in [-0.25, -0.2) is 4.98 Å². The summed E-state index contributed by atoms with van der Waals surface area (Å²) in [4.78, 5) is 4.62. The van der Waals surface area contributed by atoms with Crippen molar-refractivity contribution in [2.45, 2.75) is 0 Å². The van der Waals surface area contributed by atoms with Gasteiger partial charge < -0.3 is 14.8 Å². The Morgan fingerprint density at radius 3 is 2.46 bits per heavy atom. The van der Waals surface area contributed by atoms with Gasteiger partial charge in [-0.05, 0) is 36.4 Å². The van der Waals surface area contributed by atoms with Gasteiger partial charge in [-0.1, -0.05) is 11.6 Å². The molecule has 0 atom stereocenters. The molecule has 1 aromatic heterocycles. The molecule has 3 rings (SSSR count). The highest BCUT2D eigenvalue weighted by molar-refractivity contribution is 7.14. The normalized spacial score (nSPS) is 9.96. The van der Waals surface area contributed by atoms with Gasteiger partial charge in [0.25, 0.3) is 0 Å². The quantitative estimate of drug-likeness (QED) is 0.619. The minimum atomic E-state index is 0. The van der Waals surface area contributed by atoms with Crippen molar-refractivity contribution in [2.24, 2.45) is 0 Å². The Hall–Kier alpha value is -1.95. The molecule has 0 aliphatic rings. The molecule has 1 N–H and O–H groups in total. The zero-order valence-electron chi connectivity index (χ0n) is 13.1. The van der Waals surface area contributed by atoms with Gasteiger partial charge in [0.1, 0.15) is 11.5 Å². The van der Waals surface area contributed by atoms with Crippen molar-refractivity contribution in [3.63, 3.8) is 0 Å². The predicted molar refractivity (Wildman–Crippen MR) is 103 cm³/mol. The van der Waals surface area contributed by atoms with Crippen LogP contribution in [0.15, 0.2) is 47.8 Å². The molecule has 0 spiro atoms. The number of thiazole rings is 1. The van der Waals surface area contributed by atoms with Crippen LogP contribution in [0.5, 0.6) is 11.5 Å². The summed E-state index contributed by atoms with van der Waals surface area (Å²) in [5, 5.41) is 6.77. The molecule has 24 heavy (non-hydrogen) atoms. The number of aromatic nitrogens is 1. The van der Waals surface area contributed by atoms with E-state index >= 15 is 0 Å². The van der Waals surface area contributed by atoms with Crippen molar-refractivity contribution in [1.29, 1.82) is 0 Å². The average molecular weight is 383 g/mol. The molecule has 4 nitrogen and oxygen atoms in total. The summed E-state index contributed by atoms with van der Waals surface area (Å²) in [6, 6.07) is 13.2. The second kappa shape index (κ2) is 8.24. The van der Waals surface area contributed by atoms with Crippen molar-refractivity contribution in [3.05, 3.63) is 52.9 Å². The summed E-state index contributed by atoms with van der Waals surface area (Å²) in [6.07, 6.45) is 0. The smallest absolute Gasteiger partial charge is 0.187 e. The summed E-state index contributed by atoms with van der Waals surface area (Å²) in [7, 11) is 3.27. The number of hydrogen-bond donors (Lipinski definition) is 1. The molecule has 0 unspecified atom stereocenters. The fourth-order valence-corrected chi connectivity index (χ4v) is 2.98. The van der Waals surface area contributed by atoms with Gasteiger partial charge in [0.15, 0.2) is 5.13 Å². The number of methoxy groups -OCH3 is 2. The van der Waals surface area contributed by atoms with Crippen LogP contribution >= 0.6 is 35.3 Å². The van der Waals surface area contributed by atoms with Crippen LogP contribution in [0.2, 0.25) is 5.02 Å². The number of benzene rings is 2. The van der Waals surface area contributed by atoms with Crippen LogP contribution in [-0.2, 0) is 0 Å². The first kappa shape index (κ1) is 18.4. The number of hydrogen-bond acceptors (Lipinski definition) is 5. The van der Waals surface area contributed by atoms with Gasteiger partial charge >= 0.3 is 0 Å². The Morgan fingerprint density at radius 1 is 1.04 bits per heavy atom. The van der Waals surface area contributed by atoms with Crippen LogP contribution in [0, 0.1) is 0 Å². The molecule has 0 amide bonds. The lowest BCUT2D eigenvalue weighted by Gasteiger charge is -2.08. The number of rotatable bonds is 5. The molecule has 0 radical (unpaired) electrons. The first-order valence-corrected chi connectivity index (χ1v) is 8.16. The van der Waals surface area contributed by atoms with Crippen molar-refractivity contribution in [2.75, 3.05) is 19.5 Å². The monoisotopic (exact) mass is 382 g/mol. The molecular formula is C17H16Cl2N2O2S. The predicted octanol–water partition coefficient (Wildman–Crippen LogP) is 5.65. The molecule has 0 bridgehead atoms.